The van der Waals surface area contributed by atoms with Crippen LogP contribution in [-0.4, -0.2) is 61.0 Å². The lowest BCUT2D eigenvalue weighted by Gasteiger charge is -2.24. The predicted octanol–water partition coefficient (Wildman–Crippen LogP) is 2.51. The minimum absolute atomic E-state index is 0.0253. The van der Waals surface area contributed by atoms with E-state index in [4.69, 9.17) is 9.47 Å². The second kappa shape index (κ2) is 10.1. The van der Waals surface area contributed by atoms with E-state index in [9.17, 15) is 14.4 Å². The van der Waals surface area contributed by atoms with Crippen molar-refractivity contribution in [3.63, 3.8) is 0 Å². The molecule has 1 N–H and O–H groups in total. The number of aryl methyl sites for hydroxylation is 1. The zero-order chi connectivity index (χ0) is 19.9. The van der Waals surface area contributed by atoms with Crippen LogP contribution < -0.4 is 0 Å². The Morgan fingerprint density at radius 3 is 2.38 bits per heavy atom. The van der Waals surface area contributed by atoms with Crippen molar-refractivity contribution in [2.45, 2.75) is 41.0 Å². The number of H-pyrrole nitrogens is 1. The molecule has 146 valence electrons. The number of ether oxygens (including phenoxy) is 2. The molecule has 26 heavy (non-hydrogen) atoms. The Labute approximate surface area is 155 Å². The number of hydrogen-bond donors (Lipinski definition) is 1. The Bertz CT molecular complexity index is 649. The van der Waals surface area contributed by atoms with E-state index in [1.54, 1.807) is 32.8 Å². The van der Waals surface area contributed by atoms with Crippen molar-refractivity contribution in [3.8, 4) is 0 Å². The molecule has 7 heteroatoms. The van der Waals surface area contributed by atoms with Crippen LogP contribution in [0.3, 0.4) is 0 Å². The molecule has 1 rings (SSSR count). The van der Waals surface area contributed by atoms with Crippen molar-refractivity contribution >= 4 is 17.7 Å². The van der Waals surface area contributed by atoms with E-state index in [1.807, 2.05) is 13.8 Å². The number of methoxy groups -OCH3 is 1. The summed E-state index contributed by atoms with van der Waals surface area (Å²) in [5.41, 5.74) is 1.89. The summed E-state index contributed by atoms with van der Waals surface area (Å²) in [5, 5.41) is 0. The quantitative estimate of drug-likeness (QED) is 0.390. The van der Waals surface area contributed by atoms with Crippen LogP contribution in [0.5, 0.6) is 0 Å². The third-order valence-corrected chi connectivity index (χ3v) is 4.11. The van der Waals surface area contributed by atoms with Crippen LogP contribution in [0.2, 0.25) is 0 Å². The second-order valence-corrected chi connectivity index (χ2v) is 6.53. The molecule has 0 bridgehead atoms. The van der Waals surface area contributed by atoms with Gasteiger partial charge in [-0.1, -0.05) is 13.8 Å². The van der Waals surface area contributed by atoms with Gasteiger partial charge in [-0.25, -0.2) is 4.79 Å². The molecule has 0 radical (unpaired) electrons. The highest BCUT2D eigenvalue weighted by Crippen LogP contribution is 2.20. The molecule has 0 spiro atoms. The SMILES string of the molecule is CCOC(=O)c1[nH]c(C)c(C(=O)CN(CCCOC)C(=O)C(C)C)c1C. The third-order valence-electron chi connectivity index (χ3n) is 4.11. The molecule has 0 aliphatic carbocycles. The van der Waals surface area contributed by atoms with Crippen LogP contribution in [-0.2, 0) is 14.3 Å². The van der Waals surface area contributed by atoms with Gasteiger partial charge in [0.25, 0.3) is 0 Å². The first-order valence-electron chi connectivity index (χ1n) is 8.91. The molecule has 0 saturated heterocycles. The lowest BCUT2D eigenvalue weighted by Crippen LogP contribution is -2.39. The van der Waals surface area contributed by atoms with Crippen molar-refractivity contribution < 1.29 is 23.9 Å². The van der Waals surface area contributed by atoms with Crippen molar-refractivity contribution in [2.75, 3.05) is 33.4 Å². The van der Waals surface area contributed by atoms with Gasteiger partial charge in [-0.05, 0) is 32.8 Å². The Kier molecular flexibility index (Phi) is 8.51. The predicted molar refractivity (Wildman–Crippen MR) is 98.5 cm³/mol. The first-order chi connectivity index (χ1) is 12.2. The van der Waals surface area contributed by atoms with E-state index < -0.39 is 5.97 Å². The van der Waals surface area contributed by atoms with Crippen LogP contribution in [0.4, 0.5) is 0 Å². The monoisotopic (exact) mass is 366 g/mol. The Morgan fingerprint density at radius 1 is 1.19 bits per heavy atom. The molecule has 1 aromatic rings. The largest absolute Gasteiger partial charge is 0.461 e. The van der Waals surface area contributed by atoms with Crippen LogP contribution in [0, 0.1) is 19.8 Å². The lowest BCUT2D eigenvalue weighted by atomic mass is 10.0. The zero-order valence-corrected chi connectivity index (χ0v) is 16.6. The summed E-state index contributed by atoms with van der Waals surface area (Å²) in [7, 11) is 1.60. The van der Waals surface area contributed by atoms with Crippen molar-refractivity contribution in [3.05, 3.63) is 22.5 Å². The van der Waals surface area contributed by atoms with Crippen LogP contribution in [0.15, 0.2) is 0 Å². The van der Waals surface area contributed by atoms with E-state index in [0.717, 1.165) is 0 Å². The van der Waals surface area contributed by atoms with Gasteiger partial charge in [0.1, 0.15) is 5.69 Å². The fourth-order valence-electron chi connectivity index (χ4n) is 2.86. The van der Waals surface area contributed by atoms with Crippen LogP contribution >= 0.6 is 0 Å². The Hall–Kier alpha value is -2.15. The molecule has 0 aromatic carbocycles. The maximum absolute atomic E-state index is 12.9. The fraction of sp³-hybridized carbons (Fsp3) is 0.632. The maximum atomic E-state index is 12.9. The number of nitrogens with one attached hydrogen (secondary N) is 1. The van der Waals surface area contributed by atoms with Gasteiger partial charge in [0.05, 0.1) is 13.2 Å². The summed E-state index contributed by atoms with van der Waals surface area (Å²) in [5.74, 6) is -0.958. The van der Waals surface area contributed by atoms with Gasteiger partial charge in [0.15, 0.2) is 5.78 Å². The third kappa shape index (κ3) is 5.42. The molecule has 7 nitrogen and oxygen atoms in total. The number of carbonyl (C=O) groups is 3. The molecule has 0 atom stereocenters. The average molecular weight is 366 g/mol. The standard InChI is InChI=1S/C19H30N2O5/c1-7-26-19(24)17-13(4)16(14(5)20-17)15(22)11-21(9-8-10-25-6)18(23)12(2)3/h12,20H,7-11H2,1-6H3. The molecular formula is C19H30N2O5. The summed E-state index contributed by atoms with van der Waals surface area (Å²) in [4.78, 5) is 41.8. The molecule has 0 aliphatic rings. The van der Waals surface area contributed by atoms with E-state index in [1.165, 1.54) is 0 Å². The van der Waals surface area contributed by atoms with Gasteiger partial charge in [0, 0.05) is 37.4 Å². The van der Waals surface area contributed by atoms with Crippen LogP contribution in [0.25, 0.3) is 0 Å². The number of aromatic amines is 1. The van der Waals surface area contributed by atoms with Gasteiger partial charge in [0.2, 0.25) is 5.91 Å². The number of nitrogens with zero attached hydrogens (tertiary/aromatic N) is 1. The highest BCUT2D eigenvalue weighted by molar-refractivity contribution is 6.04. The highest BCUT2D eigenvalue weighted by atomic mass is 16.5. The minimum Gasteiger partial charge on any atom is -0.461 e. The van der Waals surface area contributed by atoms with Gasteiger partial charge < -0.3 is 19.4 Å². The number of carbonyl (C=O) groups excluding carboxylic acids is 3. The molecular weight excluding hydrogens is 336 g/mol. The van der Waals surface area contributed by atoms with Gasteiger partial charge in [-0.2, -0.15) is 0 Å². The maximum Gasteiger partial charge on any atom is 0.355 e. The van der Waals surface area contributed by atoms with Crippen molar-refractivity contribution in [1.29, 1.82) is 0 Å². The first kappa shape index (κ1) is 21.9. The second-order valence-electron chi connectivity index (χ2n) is 6.53. The fourth-order valence-corrected chi connectivity index (χ4v) is 2.86. The lowest BCUT2D eigenvalue weighted by molar-refractivity contribution is -0.134. The number of ketones is 1. The molecule has 1 aromatic heterocycles. The number of hydrogen-bond acceptors (Lipinski definition) is 5. The summed E-state index contributed by atoms with van der Waals surface area (Å²) >= 11 is 0. The summed E-state index contributed by atoms with van der Waals surface area (Å²) < 4.78 is 10.0. The van der Waals surface area contributed by atoms with E-state index in [0.29, 0.717) is 36.4 Å². The highest BCUT2D eigenvalue weighted by Gasteiger charge is 2.26. The van der Waals surface area contributed by atoms with E-state index in [2.05, 4.69) is 4.98 Å². The Morgan fingerprint density at radius 2 is 1.85 bits per heavy atom. The number of esters is 1. The molecule has 0 unspecified atom stereocenters. The van der Waals surface area contributed by atoms with Gasteiger partial charge >= 0.3 is 5.97 Å². The number of Topliss-reactive ketones (excluding diaryl/α,β-unsaturated/α-hetero) is 1. The average Bonchev–Trinajstić information content (AvgIpc) is 2.88. The summed E-state index contributed by atoms with van der Waals surface area (Å²) in [6.07, 6.45) is 0.654. The van der Waals surface area contributed by atoms with Crippen molar-refractivity contribution in [1.82, 2.24) is 9.88 Å². The summed E-state index contributed by atoms with van der Waals surface area (Å²) in [6.45, 7) is 9.99. The van der Waals surface area contributed by atoms with E-state index >= 15 is 0 Å². The topological polar surface area (TPSA) is 88.7 Å². The minimum atomic E-state index is -0.484. The van der Waals surface area contributed by atoms with Gasteiger partial charge in [-0.3, -0.25) is 9.59 Å². The molecule has 0 saturated carbocycles. The molecule has 1 heterocycles. The molecule has 0 aliphatic heterocycles. The van der Waals surface area contributed by atoms with Gasteiger partial charge in [-0.15, -0.1) is 0 Å². The summed E-state index contributed by atoms with van der Waals surface area (Å²) in [6, 6.07) is 0. The Balaban J connectivity index is 3.02. The molecule has 0 fully saturated rings. The first-order valence-corrected chi connectivity index (χ1v) is 8.91. The van der Waals surface area contributed by atoms with Crippen molar-refractivity contribution in [2.24, 2.45) is 5.92 Å². The van der Waals surface area contributed by atoms with Crippen LogP contribution in [0.1, 0.15) is 59.3 Å². The smallest absolute Gasteiger partial charge is 0.355 e. The number of amides is 1. The number of aromatic nitrogens is 1. The number of rotatable bonds is 10. The van der Waals surface area contributed by atoms with E-state index in [-0.39, 0.29) is 36.5 Å². The molecule has 1 amide bonds. The normalized spacial score (nSPS) is 10.9. The zero-order valence-electron chi connectivity index (χ0n) is 16.6.